The molecule has 0 saturated heterocycles. The molecule has 1 rings (SSSR count). The van der Waals surface area contributed by atoms with Crippen molar-refractivity contribution in [3.8, 4) is 0 Å². The molecule has 1 fully saturated rings. The van der Waals surface area contributed by atoms with Gasteiger partial charge in [0.25, 0.3) is 0 Å². The lowest BCUT2D eigenvalue weighted by Crippen LogP contribution is -1.64. The molecular formula is C9H18. The van der Waals surface area contributed by atoms with Gasteiger partial charge in [-0.2, -0.15) is 0 Å². The summed E-state index contributed by atoms with van der Waals surface area (Å²) in [6.45, 7) is 6.14. The van der Waals surface area contributed by atoms with Crippen LogP contribution in [0.25, 0.3) is 0 Å². The zero-order chi connectivity index (χ0) is 7.11. The minimum atomic E-state index is 1.37. The second-order valence-electron chi connectivity index (χ2n) is 2.15. The van der Waals surface area contributed by atoms with Gasteiger partial charge in [0.1, 0.15) is 0 Å². The summed E-state index contributed by atoms with van der Waals surface area (Å²) >= 11 is 0. The first-order valence-corrected chi connectivity index (χ1v) is 4.07. The van der Waals surface area contributed by atoms with E-state index in [9.17, 15) is 0 Å². The van der Waals surface area contributed by atoms with Gasteiger partial charge in [0.05, 0.1) is 0 Å². The number of rotatable bonds is 0. The zero-order valence-corrected chi connectivity index (χ0v) is 6.91. The predicted molar refractivity (Wildman–Crippen MR) is 43.6 cm³/mol. The topological polar surface area (TPSA) is 0 Å². The SMILES string of the molecule is CC.CC=C1CCCC1. The molecule has 0 aromatic carbocycles. The van der Waals surface area contributed by atoms with E-state index in [0.717, 1.165) is 0 Å². The van der Waals surface area contributed by atoms with Crippen molar-refractivity contribution in [3.63, 3.8) is 0 Å². The van der Waals surface area contributed by atoms with E-state index in [-0.39, 0.29) is 0 Å². The first-order chi connectivity index (χ1) is 4.43. The largest absolute Gasteiger partial charge is 0.0885 e. The molecule has 1 saturated carbocycles. The number of allylic oxidation sites excluding steroid dienone is 2. The number of hydrogen-bond acceptors (Lipinski definition) is 0. The Hall–Kier alpha value is -0.260. The molecule has 0 spiro atoms. The van der Waals surface area contributed by atoms with Crippen LogP contribution < -0.4 is 0 Å². The summed E-state index contributed by atoms with van der Waals surface area (Å²) in [5, 5.41) is 0. The van der Waals surface area contributed by atoms with E-state index in [1.165, 1.54) is 25.7 Å². The molecular weight excluding hydrogens is 108 g/mol. The normalized spacial score (nSPS) is 16.6. The van der Waals surface area contributed by atoms with Crippen molar-refractivity contribution in [3.05, 3.63) is 11.6 Å². The maximum absolute atomic E-state index is 2.26. The molecule has 0 unspecified atom stereocenters. The molecule has 1 aliphatic carbocycles. The summed E-state index contributed by atoms with van der Waals surface area (Å²) in [5.41, 5.74) is 1.67. The number of hydrogen-bond donors (Lipinski definition) is 0. The summed E-state index contributed by atoms with van der Waals surface area (Å²) in [6.07, 6.45) is 7.86. The lowest BCUT2D eigenvalue weighted by molar-refractivity contribution is 0.886. The fourth-order valence-corrected chi connectivity index (χ4v) is 1.12. The molecule has 0 heteroatoms. The molecule has 0 bridgehead atoms. The Bertz CT molecular complexity index is 72.0. The van der Waals surface area contributed by atoms with Crippen LogP contribution in [-0.4, -0.2) is 0 Å². The standard InChI is InChI=1S/C7H12.C2H6/c1-2-7-5-3-4-6-7;1-2/h2H,3-6H2,1H3;1-2H3. The van der Waals surface area contributed by atoms with E-state index in [2.05, 4.69) is 13.0 Å². The average molecular weight is 126 g/mol. The van der Waals surface area contributed by atoms with Crippen LogP contribution >= 0.6 is 0 Å². The Balaban J connectivity index is 0.000000291. The monoisotopic (exact) mass is 126 g/mol. The Labute approximate surface area is 59.0 Å². The van der Waals surface area contributed by atoms with E-state index in [1.807, 2.05) is 13.8 Å². The minimum absolute atomic E-state index is 1.37. The van der Waals surface area contributed by atoms with Gasteiger partial charge in [-0.15, -0.1) is 0 Å². The van der Waals surface area contributed by atoms with Gasteiger partial charge in [-0.05, 0) is 32.6 Å². The van der Waals surface area contributed by atoms with Gasteiger partial charge in [-0.25, -0.2) is 0 Å². The summed E-state index contributed by atoms with van der Waals surface area (Å²) < 4.78 is 0. The van der Waals surface area contributed by atoms with Crippen LogP contribution in [0.3, 0.4) is 0 Å². The zero-order valence-electron chi connectivity index (χ0n) is 6.91. The molecule has 0 aromatic heterocycles. The van der Waals surface area contributed by atoms with Crippen LogP contribution in [-0.2, 0) is 0 Å². The Morgan fingerprint density at radius 3 is 1.78 bits per heavy atom. The first-order valence-electron chi connectivity index (χ1n) is 4.07. The highest BCUT2D eigenvalue weighted by Crippen LogP contribution is 2.22. The van der Waals surface area contributed by atoms with Gasteiger partial charge < -0.3 is 0 Å². The molecule has 0 aromatic rings. The second-order valence-corrected chi connectivity index (χ2v) is 2.15. The molecule has 0 aliphatic heterocycles. The summed E-state index contributed by atoms with van der Waals surface area (Å²) in [5.74, 6) is 0. The maximum Gasteiger partial charge on any atom is -0.0320 e. The van der Waals surface area contributed by atoms with Gasteiger partial charge in [-0.3, -0.25) is 0 Å². The predicted octanol–water partition coefficient (Wildman–Crippen LogP) is 3.53. The van der Waals surface area contributed by atoms with Crippen molar-refractivity contribution in [1.29, 1.82) is 0 Å². The first kappa shape index (κ1) is 8.74. The Morgan fingerprint density at radius 2 is 1.56 bits per heavy atom. The molecule has 9 heavy (non-hydrogen) atoms. The van der Waals surface area contributed by atoms with Gasteiger partial charge in [0, 0.05) is 0 Å². The lowest BCUT2D eigenvalue weighted by Gasteiger charge is -1.85. The highest BCUT2D eigenvalue weighted by atomic mass is 14.1. The van der Waals surface area contributed by atoms with Gasteiger partial charge in [0.2, 0.25) is 0 Å². The van der Waals surface area contributed by atoms with E-state index < -0.39 is 0 Å². The Kier molecular flexibility index (Phi) is 5.70. The molecule has 54 valence electrons. The molecule has 0 N–H and O–H groups in total. The smallest absolute Gasteiger partial charge is 0.0320 e. The van der Waals surface area contributed by atoms with E-state index in [0.29, 0.717) is 0 Å². The third-order valence-corrected chi connectivity index (χ3v) is 1.65. The van der Waals surface area contributed by atoms with Crippen molar-refractivity contribution in [1.82, 2.24) is 0 Å². The maximum atomic E-state index is 2.26. The van der Waals surface area contributed by atoms with Gasteiger partial charge in [0.15, 0.2) is 0 Å². The van der Waals surface area contributed by atoms with Crippen LogP contribution in [0, 0.1) is 0 Å². The van der Waals surface area contributed by atoms with Crippen LogP contribution in [0.1, 0.15) is 46.5 Å². The van der Waals surface area contributed by atoms with E-state index in [4.69, 9.17) is 0 Å². The summed E-state index contributed by atoms with van der Waals surface area (Å²) in [7, 11) is 0. The van der Waals surface area contributed by atoms with E-state index in [1.54, 1.807) is 5.57 Å². The molecule has 0 amide bonds. The van der Waals surface area contributed by atoms with Crippen LogP contribution in [0.15, 0.2) is 11.6 Å². The van der Waals surface area contributed by atoms with E-state index >= 15 is 0 Å². The van der Waals surface area contributed by atoms with Gasteiger partial charge >= 0.3 is 0 Å². The third-order valence-electron chi connectivity index (χ3n) is 1.65. The van der Waals surface area contributed by atoms with Crippen LogP contribution in [0.2, 0.25) is 0 Å². The van der Waals surface area contributed by atoms with Crippen molar-refractivity contribution in [2.24, 2.45) is 0 Å². The molecule has 0 radical (unpaired) electrons. The highest BCUT2D eigenvalue weighted by molar-refractivity contribution is 5.03. The van der Waals surface area contributed by atoms with Crippen molar-refractivity contribution in [2.45, 2.75) is 46.5 Å². The average Bonchev–Trinajstić information content (AvgIpc) is 2.43. The van der Waals surface area contributed by atoms with Gasteiger partial charge in [-0.1, -0.05) is 25.5 Å². The second kappa shape index (κ2) is 5.87. The van der Waals surface area contributed by atoms with Crippen molar-refractivity contribution >= 4 is 0 Å². The van der Waals surface area contributed by atoms with Crippen molar-refractivity contribution in [2.75, 3.05) is 0 Å². The molecule has 1 aliphatic rings. The molecule has 0 nitrogen and oxygen atoms in total. The fraction of sp³-hybridized carbons (Fsp3) is 0.778. The summed E-state index contributed by atoms with van der Waals surface area (Å²) in [6, 6.07) is 0. The third kappa shape index (κ3) is 3.34. The summed E-state index contributed by atoms with van der Waals surface area (Å²) in [4.78, 5) is 0. The van der Waals surface area contributed by atoms with Crippen molar-refractivity contribution < 1.29 is 0 Å². The Morgan fingerprint density at radius 1 is 1.11 bits per heavy atom. The highest BCUT2D eigenvalue weighted by Gasteiger charge is 2.02. The quantitative estimate of drug-likeness (QED) is 0.435. The molecule has 0 heterocycles. The fourth-order valence-electron chi connectivity index (χ4n) is 1.12. The van der Waals surface area contributed by atoms with Crippen LogP contribution in [0.5, 0.6) is 0 Å². The van der Waals surface area contributed by atoms with Crippen LogP contribution in [0.4, 0.5) is 0 Å². The minimum Gasteiger partial charge on any atom is -0.0885 e. The molecule has 0 atom stereocenters. The lowest BCUT2D eigenvalue weighted by atomic mass is 10.2.